The van der Waals surface area contributed by atoms with E-state index in [-0.39, 0.29) is 31.6 Å². The smallest absolute Gasteiger partial charge is 0.305 e. The van der Waals surface area contributed by atoms with Gasteiger partial charge in [0.2, 0.25) is 0 Å². The Morgan fingerprint density at radius 3 is 2.48 bits per heavy atom. The number of ketones is 1. The van der Waals surface area contributed by atoms with E-state index < -0.39 is 22.9 Å². The van der Waals surface area contributed by atoms with Gasteiger partial charge in [-0.25, -0.2) is 0 Å². The average Bonchev–Trinajstić information content (AvgIpc) is 2.69. The molecule has 1 atom stereocenters. The Morgan fingerprint density at radius 1 is 1.24 bits per heavy atom. The lowest BCUT2D eigenvalue weighted by atomic mass is 9.95. The van der Waals surface area contributed by atoms with E-state index in [1.165, 1.54) is 21.0 Å². The van der Waals surface area contributed by atoms with E-state index in [9.17, 15) is 19.5 Å². The van der Waals surface area contributed by atoms with Crippen molar-refractivity contribution in [1.82, 2.24) is 9.71 Å². The molecule has 0 aliphatic heterocycles. The predicted octanol–water partition coefficient (Wildman–Crippen LogP) is 1.17. The van der Waals surface area contributed by atoms with Gasteiger partial charge in [0.25, 0.3) is 0 Å². The first kappa shape index (κ1) is 22.3. The van der Waals surface area contributed by atoms with E-state index in [1.54, 1.807) is 6.92 Å². The monoisotopic (exact) mass is 402 g/mol. The van der Waals surface area contributed by atoms with Crippen LogP contribution < -0.4 is 10.4 Å². The highest BCUT2D eigenvalue weighted by Crippen LogP contribution is 2.16. The quantitative estimate of drug-likeness (QED) is 0.627. The van der Waals surface area contributed by atoms with Crippen molar-refractivity contribution >= 4 is 11.8 Å². The number of Topliss-reactive ketones (excluding diaryl/α,β-unsaturated/α-hetero) is 1. The van der Waals surface area contributed by atoms with E-state index >= 15 is 0 Å². The first-order valence-corrected chi connectivity index (χ1v) is 9.24. The molecule has 2 aromatic rings. The summed E-state index contributed by atoms with van der Waals surface area (Å²) in [4.78, 5) is 46.3. The van der Waals surface area contributed by atoms with Crippen LogP contribution in [0.2, 0.25) is 0 Å². The van der Waals surface area contributed by atoms with Gasteiger partial charge in [0.1, 0.15) is 17.9 Å². The molecular formula is C21H26N2O6. The van der Waals surface area contributed by atoms with Crippen molar-refractivity contribution in [2.75, 3.05) is 7.11 Å². The third-order valence-corrected chi connectivity index (χ3v) is 4.66. The van der Waals surface area contributed by atoms with Gasteiger partial charge in [0.05, 0.1) is 24.9 Å². The Kier molecular flexibility index (Phi) is 7.28. The number of hydrogen-bond acceptors (Lipinski definition) is 7. The lowest BCUT2D eigenvalue weighted by molar-refractivity contribution is -0.140. The fourth-order valence-corrected chi connectivity index (χ4v) is 2.69. The summed E-state index contributed by atoms with van der Waals surface area (Å²) in [6.07, 6.45) is -0.0473. The van der Waals surface area contributed by atoms with Crippen molar-refractivity contribution in [2.45, 2.75) is 52.2 Å². The van der Waals surface area contributed by atoms with Gasteiger partial charge in [0.15, 0.2) is 5.78 Å². The molecule has 1 aromatic carbocycles. The van der Waals surface area contributed by atoms with Crippen molar-refractivity contribution in [1.29, 1.82) is 0 Å². The molecule has 0 saturated heterocycles. The third-order valence-electron chi connectivity index (χ3n) is 4.66. The number of aliphatic hydroxyl groups is 1. The molecule has 1 unspecified atom stereocenters. The molecule has 1 N–H and O–H groups in total. The molecule has 0 spiro atoms. The summed E-state index contributed by atoms with van der Waals surface area (Å²) in [5, 5.41) is 10.4. The highest BCUT2D eigenvalue weighted by Gasteiger charge is 2.30. The van der Waals surface area contributed by atoms with E-state index in [0.717, 1.165) is 10.3 Å². The molecule has 0 radical (unpaired) electrons. The SMILES string of the molecule is COC(=O)CCc1nc(C)c(CC(C)(O)C(C)=O)n(OCc2ccccc2)c1=O. The average molecular weight is 402 g/mol. The predicted molar refractivity (Wildman–Crippen MR) is 105 cm³/mol. The van der Waals surface area contributed by atoms with Crippen molar-refractivity contribution in [3.8, 4) is 0 Å². The highest BCUT2D eigenvalue weighted by atomic mass is 16.7. The molecule has 0 amide bonds. The second kappa shape index (κ2) is 9.47. The van der Waals surface area contributed by atoms with Crippen LogP contribution in [0.3, 0.4) is 0 Å². The second-order valence-electron chi connectivity index (χ2n) is 7.03. The van der Waals surface area contributed by atoms with Crippen molar-refractivity contribution < 1.29 is 24.3 Å². The maximum atomic E-state index is 13.0. The molecule has 1 aromatic heterocycles. The Bertz CT molecular complexity index is 934. The Labute approximate surface area is 169 Å². The van der Waals surface area contributed by atoms with Gasteiger partial charge in [-0.3, -0.25) is 19.4 Å². The summed E-state index contributed by atoms with van der Waals surface area (Å²) in [6, 6.07) is 9.27. The van der Waals surface area contributed by atoms with E-state index in [1.807, 2.05) is 30.3 Å². The zero-order valence-corrected chi connectivity index (χ0v) is 17.1. The summed E-state index contributed by atoms with van der Waals surface area (Å²) in [5.74, 6) is -0.891. The molecular weight excluding hydrogens is 376 g/mol. The molecule has 29 heavy (non-hydrogen) atoms. The summed E-state index contributed by atoms with van der Waals surface area (Å²) < 4.78 is 5.69. The number of hydrogen-bond donors (Lipinski definition) is 1. The third kappa shape index (κ3) is 5.74. The number of nitrogens with zero attached hydrogens (tertiary/aromatic N) is 2. The molecule has 0 aliphatic carbocycles. The standard InChI is InChI=1S/C21H26N2O6/c1-14-18(12-21(3,27)15(2)24)23(29-13-16-8-6-5-7-9-16)20(26)17(22-14)10-11-19(25)28-4/h5-9,27H,10-13H2,1-4H3. The summed E-state index contributed by atoms with van der Waals surface area (Å²) in [6.45, 7) is 4.43. The first-order chi connectivity index (χ1) is 13.7. The number of aryl methyl sites for hydroxylation is 2. The highest BCUT2D eigenvalue weighted by molar-refractivity contribution is 5.84. The van der Waals surface area contributed by atoms with Crippen molar-refractivity contribution in [2.24, 2.45) is 0 Å². The normalized spacial score (nSPS) is 12.9. The lowest BCUT2D eigenvalue weighted by Crippen LogP contribution is -2.41. The number of rotatable bonds is 9. The molecule has 0 bridgehead atoms. The maximum Gasteiger partial charge on any atom is 0.305 e. The number of benzene rings is 1. The first-order valence-electron chi connectivity index (χ1n) is 9.24. The molecule has 0 saturated carbocycles. The van der Waals surface area contributed by atoms with Crippen LogP contribution in [0, 0.1) is 6.92 Å². The van der Waals surface area contributed by atoms with Crippen LogP contribution in [0.1, 0.15) is 42.9 Å². The minimum atomic E-state index is -1.68. The molecule has 8 nitrogen and oxygen atoms in total. The molecule has 156 valence electrons. The number of esters is 1. The fourth-order valence-electron chi connectivity index (χ4n) is 2.69. The number of aromatic nitrogens is 2. The van der Waals surface area contributed by atoms with E-state index in [4.69, 9.17) is 4.84 Å². The molecule has 0 aliphatic rings. The summed E-state index contributed by atoms with van der Waals surface area (Å²) in [5.41, 5.74) is -0.497. The lowest BCUT2D eigenvalue weighted by Gasteiger charge is -2.23. The number of ether oxygens (including phenoxy) is 1. The Balaban J connectivity index is 2.44. The zero-order chi connectivity index (χ0) is 21.6. The van der Waals surface area contributed by atoms with Crippen LogP contribution in [0.15, 0.2) is 35.1 Å². The molecule has 0 fully saturated rings. The van der Waals surface area contributed by atoms with Gasteiger partial charge in [-0.05, 0) is 26.3 Å². The number of methoxy groups -OCH3 is 1. The Hall–Kier alpha value is -3.00. The largest absolute Gasteiger partial charge is 0.469 e. The van der Waals surface area contributed by atoms with Crippen LogP contribution in [0.5, 0.6) is 0 Å². The van der Waals surface area contributed by atoms with Gasteiger partial charge in [-0.2, -0.15) is 0 Å². The summed E-state index contributed by atoms with van der Waals surface area (Å²) in [7, 11) is 1.27. The summed E-state index contributed by atoms with van der Waals surface area (Å²) >= 11 is 0. The van der Waals surface area contributed by atoms with Crippen LogP contribution in [-0.4, -0.2) is 39.3 Å². The second-order valence-corrected chi connectivity index (χ2v) is 7.03. The van der Waals surface area contributed by atoms with Gasteiger partial charge >= 0.3 is 11.5 Å². The van der Waals surface area contributed by atoms with Crippen LogP contribution >= 0.6 is 0 Å². The number of carbonyl (C=O) groups excluding carboxylic acids is 2. The molecule has 2 rings (SSSR count). The zero-order valence-electron chi connectivity index (χ0n) is 17.1. The Morgan fingerprint density at radius 2 is 1.90 bits per heavy atom. The minimum Gasteiger partial charge on any atom is -0.469 e. The topological polar surface area (TPSA) is 108 Å². The van der Waals surface area contributed by atoms with Crippen LogP contribution in [-0.2, 0) is 33.8 Å². The van der Waals surface area contributed by atoms with Crippen molar-refractivity contribution in [3.05, 3.63) is 63.3 Å². The van der Waals surface area contributed by atoms with Crippen LogP contribution in [0.4, 0.5) is 0 Å². The molecule has 1 heterocycles. The molecule has 8 heteroatoms. The van der Waals surface area contributed by atoms with Gasteiger partial charge in [-0.1, -0.05) is 30.3 Å². The maximum absolute atomic E-state index is 13.0. The van der Waals surface area contributed by atoms with Crippen LogP contribution in [0.25, 0.3) is 0 Å². The number of carbonyl (C=O) groups is 2. The fraction of sp³-hybridized carbons (Fsp3) is 0.429. The van der Waals surface area contributed by atoms with Gasteiger partial charge in [0, 0.05) is 12.8 Å². The van der Waals surface area contributed by atoms with E-state index in [0.29, 0.717) is 11.4 Å². The van der Waals surface area contributed by atoms with Gasteiger partial charge < -0.3 is 14.7 Å². The van der Waals surface area contributed by atoms with Crippen molar-refractivity contribution in [3.63, 3.8) is 0 Å². The van der Waals surface area contributed by atoms with E-state index in [2.05, 4.69) is 9.72 Å². The minimum absolute atomic E-state index is 0.00136. The van der Waals surface area contributed by atoms with Gasteiger partial charge in [-0.15, -0.1) is 4.73 Å².